The molecule has 2 heterocycles. The van der Waals surface area contributed by atoms with Crippen molar-refractivity contribution < 1.29 is 0 Å². The molecule has 2 nitrogen and oxygen atoms in total. The van der Waals surface area contributed by atoms with E-state index in [0.717, 1.165) is 13.0 Å². The first kappa shape index (κ1) is 30.0. The average molecular weight is 673 g/mol. The van der Waals surface area contributed by atoms with Gasteiger partial charge in [0.1, 0.15) is 0 Å². The van der Waals surface area contributed by atoms with Gasteiger partial charge in [0, 0.05) is 53.9 Å². The largest absolute Gasteiger partial charge is 0.405 e. The van der Waals surface area contributed by atoms with E-state index in [1.54, 1.807) is 6.20 Å². The summed E-state index contributed by atoms with van der Waals surface area (Å²) in [4.78, 5) is 0. The maximum atomic E-state index is 6.15. The zero-order valence-electron chi connectivity index (χ0n) is 28.2. The van der Waals surface area contributed by atoms with E-state index in [4.69, 9.17) is 5.73 Å². The number of hydrogen-bond donors (Lipinski definition) is 1. The summed E-state index contributed by atoms with van der Waals surface area (Å²) < 4.78 is 5.24. The van der Waals surface area contributed by atoms with Crippen LogP contribution < -0.4 is 5.73 Å². The van der Waals surface area contributed by atoms with E-state index in [-0.39, 0.29) is 5.41 Å². The number of benzene rings is 7. The van der Waals surface area contributed by atoms with Gasteiger partial charge in [-0.1, -0.05) is 140 Å². The van der Waals surface area contributed by atoms with Crippen molar-refractivity contribution in [1.82, 2.24) is 4.57 Å². The SMILES string of the molecule is N/C=C\C1(c2ccc(-c3cccc(-c4ccccc4)c3)cc2)C[C@@H]1Cn1c2ccccc2c2cc(-c3cccc4c3sc3ccccc34)ccc21. The molecule has 1 saturated carbocycles. The van der Waals surface area contributed by atoms with Crippen LogP contribution in [0.3, 0.4) is 0 Å². The number of nitrogens with two attached hydrogens (primary N) is 1. The molecule has 10 rings (SSSR count). The van der Waals surface area contributed by atoms with Crippen LogP contribution in [0.1, 0.15) is 12.0 Å². The van der Waals surface area contributed by atoms with E-state index < -0.39 is 0 Å². The number of fused-ring (bicyclic) bond motifs is 6. The molecule has 0 amide bonds. The van der Waals surface area contributed by atoms with Crippen molar-refractivity contribution in [2.24, 2.45) is 11.7 Å². The lowest BCUT2D eigenvalue weighted by Crippen LogP contribution is -2.12. The smallest absolute Gasteiger partial charge is 0.0491 e. The predicted octanol–water partition coefficient (Wildman–Crippen LogP) is 12.6. The van der Waals surface area contributed by atoms with E-state index in [1.807, 2.05) is 11.3 Å². The van der Waals surface area contributed by atoms with Crippen molar-refractivity contribution in [2.45, 2.75) is 18.4 Å². The second-order valence-electron chi connectivity index (χ2n) is 14.0. The lowest BCUT2D eigenvalue weighted by molar-refractivity contribution is 0.606. The number of hydrogen-bond acceptors (Lipinski definition) is 2. The second kappa shape index (κ2) is 11.9. The molecule has 0 saturated heterocycles. The topological polar surface area (TPSA) is 30.9 Å². The van der Waals surface area contributed by atoms with Crippen molar-refractivity contribution in [3.05, 3.63) is 182 Å². The minimum atomic E-state index is -0.0758. The van der Waals surface area contributed by atoms with Crippen LogP contribution in [0.15, 0.2) is 176 Å². The Balaban J connectivity index is 0.991. The predicted molar refractivity (Wildman–Crippen MR) is 218 cm³/mol. The van der Waals surface area contributed by atoms with E-state index in [2.05, 4.69) is 174 Å². The monoisotopic (exact) mass is 672 g/mol. The Morgan fingerprint density at radius 1 is 0.569 bits per heavy atom. The molecule has 1 fully saturated rings. The zero-order chi connectivity index (χ0) is 33.9. The molecule has 51 heavy (non-hydrogen) atoms. The molecule has 1 aliphatic rings. The van der Waals surface area contributed by atoms with Crippen LogP contribution >= 0.6 is 11.3 Å². The van der Waals surface area contributed by atoms with Gasteiger partial charge in [-0.05, 0) is 87.8 Å². The van der Waals surface area contributed by atoms with Crippen LogP contribution in [0.4, 0.5) is 0 Å². The lowest BCUT2D eigenvalue weighted by atomic mass is 9.90. The number of para-hydroxylation sites is 1. The van der Waals surface area contributed by atoms with E-state index in [1.165, 1.54) is 80.9 Å². The van der Waals surface area contributed by atoms with Gasteiger partial charge in [-0.25, -0.2) is 0 Å². The fourth-order valence-electron chi connectivity index (χ4n) is 8.50. The van der Waals surface area contributed by atoms with Gasteiger partial charge < -0.3 is 10.3 Å². The molecule has 0 bridgehead atoms. The Hall–Kier alpha value is -5.90. The maximum Gasteiger partial charge on any atom is 0.0491 e. The molecule has 2 aromatic heterocycles. The molecule has 3 heteroatoms. The third-order valence-corrected chi connectivity index (χ3v) is 12.4. The summed E-state index contributed by atoms with van der Waals surface area (Å²) in [7, 11) is 0. The molecular weight excluding hydrogens is 637 g/mol. The highest BCUT2D eigenvalue weighted by molar-refractivity contribution is 7.26. The van der Waals surface area contributed by atoms with Crippen LogP contribution in [0.2, 0.25) is 0 Å². The zero-order valence-corrected chi connectivity index (χ0v) is 29.0. The minimum Gasteiger partial charge on any atom is -0.405 e. The molecule has 9 aromatic rings. The van der Waals surface area contributed by atoms with Gasteiger partial charge in [-0.15, -0.1) is 11.3 Å². The van der Waals surface area contributed by atoms with E-state index >= 15 is 0 Å². The third-order valence-electron chi connectivity index (χ3n) is 11.2. The quantitative estimate of drug-likeness (QED) is 0.179. The fourth-order valence-corrected chi connectivity index (χ4v) is 9.73. The molecule has 7 aromatic carbocycles. The number of nitrogens with zero attached hydrogens (tertiary/aromatic N) is 1. The van der Waals surface area contributed by atoms with Crippen molar-refractivity contribution in [3.8, 4) is 33.4 Å². The Morgan fingerprint density at radius 2 is 1.22 bits per heavy atom. The highest BCUT2D eigenvalue weighted by Gasteiger charge is 2.53. The molecule has 0 aliphatic heterocycles. The Labute approximate surface area is 301 Å². The molecule has 244 valence electrons. The molecular formula is C48H36N2S. The first-order chi connectivity index (χ1) is 25.2. The van der Waals surface area contributed by atoms with Crippen molar-refractivity contribution in [3.63, 3.8) is 0 Å². The first-order valence-electron chi connectivity index (χ1n) is 17.8. The van der Waals surface area contributed by atoms with Crippen LogP contribution in [-0.2, 0) is 12.0 Å². The summed E-state index contributed by atoms with van der Waals surface area (Å²) in [5.74, 6) is 0.440. The molecule has 0 radical (unpaired) electrons. The van der Waals surface area contributed by atoms with Crippen molar-refractivity contribution in [2.75, 3.05) is 0 Å². The Bertz CT molecular complexity index is 2770. The van der Waals surface area contributed by atoms with Crippen LogP contribution in [0.5, 0.6) is 0 Å². The molecule has 0 spiro atoms. The van der Waals surface area contributed by atoms with Gasteiger partial charge >= 0.3 is 0 Å². The van der Waals surface area contributed by atoms with Crippen LogP contribution in [0.25, 0.3) is 75.4 Å². The maximum absolute atomic E-state index is 6.15. The summed E-state index contributed by atoms with van der Waals surface area (Å²) in [6, 6.07) is 60.1. The van der Waals surface area contributed by atoms with Crippen molar-refractivity contribution >= 4 is 53.3 Å². The highest BCUT2D eigenvalue weighted by Crippen LogP contribution is 2.57. The number of rotatable bonds is 7. The second-order valence-corrected chi connectivity index (χ2v) is 15.0. The Kier molecular flexibility index (Phi) is 6.97. The minimum absolute atomic E-state index is 0.0758. The summed E-state index contributed by atoms with van der Waals surface area (Å²) >= 11 is 1.89. The number of aromatic nitrogens is 1. The summed E-state index contributed by atoms with van der Waals surface area (Å²) in [5, 5.41) is 5.29. The lowest BCUT2D eigenvalue weighted by Gasteiger charge is -2.16. The third kappa shape index (κ3) is 4.92. The first-order valence-corrected chi connectivity index (χ1v) is 18.6. The van der Waals surface area contributed by atoms with E-state index in [9.17, 15) is 0 Å². The summed E-state index contributed by atoms with van der Waals surface area (Å²) in [6.07, 6.45) is 5.06. The van der Waals surface area contributed by atoms with Crippen molar-refractivity contribution in [1.29, 1.82) is 0 Å². The fraction of sp³-hybridized carbons (Fsp3) is 0.0833. The van der Waals surface area contributed by atoms with Gasteiger partial charge in [0.2, 0.25) is 0 Å². The molecule has 1 unspecified atom stereocenters. The van der Waals surface area contributed by atoms with Gasteiger partial charge in [-0.2, -0.15) is 0 Å². The summed E-state index contributed by atoms with van der Waals surface area (Å²) in [5.41, 5.74) is 17.5. The normalized spacial score (nSPS) is 17.3. The summed E-state index contributed by atoms with van der Waals surface area (Å²) in [6.45, 7) is 0.931. The van der Waals surface area contributed by atoms with Gasteiger partial charge in [-0.3, -0.25) is 0 Å². The van der Waals surface area contributed by atoms with Crippen LogP contribution in [-0.4, -0.2) is 4.57 Å². The number of thiophene rings is 1. The van der Waals surface area contributed by atoms with E-state index in [0.29, 0.717) is 5.92 Å². The standard InChI is InChI=1S/C48H36N2S/c49-27-26-48(37-23-20-33(21-24-37)35-13-8-12-34(28-35)32-10-2-1-3-11-32)30-38(48)31-50-44-18-6-4-14-40(44)43-29-36(22-25-45(43)50)39-16-9-17-42-41-15-5-7-19-46(41)51-47(39)42/h1-29,38H,30-31,49H2/b27-26-/t38-,48?/m1/s1. The van der Waals surface area contributed by atoms with Gasteiger partial charge in [0.15, 0.2) is 0 Å². The average Bonchev–Trinajstić information content (AvgIpc) is 3.61. The van der Waals surface area contributed by atoms with Gasteiger partial charge in [0.25, 0.3) is 0 Å². The molecule has 2 atom stereocenters. The molecule has 2 N–H and O–H groups in total. The molecule has 1 aliphatic carbocycles. The van der Waals surface area contributed by atoms with Gasteiger partial charge in [0.05, 0.1) is 0 Å². The van der Waals surface area contributed by atoms with Crippen LogP contribution in [0, 0.1) is 5.92 Å². The number of allylic oxidation sites excluding steroid dienone is 1. The Morgan fingerprint density at radius 3 is 2.04 bits per heavy atom. The highest BCUT2D eigenvalue weighted by atomic mass is 32.1.